The number of hydrogen-bond donors (Lipinski definition) is 1. The minimum absolute atomic E-state index is 0.0343. The maximum Gasteiger partial charge on any atom is 0.253 e. The van der Waals surface area contributed by atoms with Crippen molar-refractivity contribution in [1.82, 2.24) is 15.2 Å². The van der Waals surface area contributed by atoms with Crippen molar-refractivity contribution < 1.29 is 19.1 Å². The Bertz CT molecular complexity index is 864. The zero-order valence-electron chi connectivity index (χ0n) is 18.3. The molecule has 1 aromatic heterocycles. The molecular weight excluding hydrogens is 394 g/mol. The number of nitrogens with one attached hydrogen (secondary N) is 1. The minimum Gasteiger partial charge on any atom is -0.490 e. The number of benzene rings is 1. The third-order valence-electron chi connectivity index (χ3n) is 5.29. The van der Waals surface area contributed by atoms with E-state index >= 15 is 0 Å². The van der Waals surface area contributed by atoms with Crippen molar-refractivity contribution in [2.45, 2.75) is 39.7 Å². The number of carbonyl (C=O) groups excluding carboxylic acids is 2. The van der Waals surface area contributed by atoms with Crippen molar-refractivity contribution in [3.05, 3.63) is 53.9 Å². The van der Waals surface area contributed by atoms with Gasteiger partial charge in [-0.05, 0) is 56.0 Å². The Morgan fingerprint density at radius 2 is 1.94 bits per heavy atom. The molecule has 0 radical (unpaired) electrons. The number of nitrogens with zero attached hydrogens (tertiary/aromatic N) is 2. The van der Waals surface area contributed by atoms with Crippen molar-refractivity contribution in [3.63, 3.8) is 0 Å². The van der Waals surface area contributed by atoms with Gasteiger partial charge in [0.15, 0.2) is 11.5 Å². The molecule has 0 saturated carbocycles. The van der Waals surface area contributed by atoms with Crippen LogP contribution >= 0.6 is 0 Å². The molecule has 31 heavy (non-hydrogen) atoms. The summed E-state index contributed by atoms with van der Waals surface area (Å²) in [4.78, 5) is 31.4. The number of aromatic nitrogens is 1. The fourth-order valence-electron chi connectivity index (χ4n) is 3.60. The average Bonchev–Trinajstić information content (AvgIpc) is 2.82. The molecule has 1 aromatic carbocycles. The second-order valence-electron chi connectivity index (χ2n) is 7.59. The zero-order valence-corrected chi connectivity index (χ0v) is 18.3. The van der Waals surface area contributed by atoms with Gasteiger partial charge in [-0.2, -0.15) is 0 Å². The summed E-state index contributed by atoms with van der Waals surface area (Å²) < 4.78 is 11.4. The summed E-state index contributed by atoms with van der Waals surface area (Å²) in [5.74, 6) is 1.16. The highest BCUT2D eigenvalue weighted by atomic mass is 16.5. The Morgan fingerprint density at radius 1 is 1.13 bits per heavy atom. The number of likely N-dealkylation sites (tertiary alicyclic amines) is 1. The first-order valence-corrected chi connectivity index (χ1v) is 11.0. The van der Waals surface area contributed by atoms with Crippen LogP contribution in [0.3, 0.4) is 0 Å². The van der Waals surface area contributed by atoms with Gasteiger partial charge in [0.1, 0.15) is 0 Å². The van der Waals surface area contributed by atoms with Crippen molar-refractivity contribution in [1.29, 1.82) is 0 Å². The Balaban J connectivity index is 1.54. The number of piperidine rings is 1. The van der Waals surface area contributed by atoms with E-state index in [1.165, 1.54) is 0 Å². The zero-order chi connectivity index (χ0) is 22.1. The summed E-state index contributed by atoms with van der Waals surface area (Å²) in [5, 5.41) is 2.98. The number of ether oxygens (including phenoxy) is 2. The van der Waals surface area contributed by atoms with Crippen molar-refractivity contribution >= 4 is 11.8 Å². The average molecular weight is 426 g/mol. The topological polar surface area (TPSA) is 80.8 Å². The normalized spacial score (nSPS) is 14.2. The number of carbonyl (C=O) groups is 2. The van der Waals surface area contributed by atoms with Gasteiger partial charge < -0.3 is 19.7 Å². The van der Waals surface area contributed by atoms with Gasteiger partial charge in [-0.1, -0.05) is 13.0 Å². The van der Waals surface area contributed by atoms with Crippen LogP contribution in [0.1, 0.15) is 49.0 Å². The third-order valence-corrected chi connectivity index (χ3v) is 5.29. The van der Waals surface area contributed by atoms with Crippen molar-refractivity contribution in [2.75, 3.05) is 26.3 Å². The van der Waals surface area contributed by atoms with Gasteiger partial charge in [0, 0.05) is 43.5 Å². The number of rotatable bonds is 9. The Labute approximate surface area is 183 Å². The molecule has 0 spiro atoms. The molecule has 1 saturated heterocycles. The third kappa shape index (κ3) is 6.20. The van der Waals surface area contributed by atoms with E-state index in [0.717, 1.165) is 12.0 Å². The maximum atomic E-state index is 13.0. The summed E-state index contributed by atoms with van der Waals surface area (Å²) in [6.07, 6.45) is 5.66. The molecule has 2 aromatic rings. The minimum atomic E-state index is -0.0791. The molecule has 2 heterocycles. The Kier molecular flexibility index (Phi) is 8.27. The summed E-state index contributed by atoms with van der Waals surface area (Å²) in [5.41, 5.74) is 1.55. The van der Waals surface area contributed by atoms with Gasteiger partial charge >= 0.3 is 0 Å². The van der Waals surface area contributed by atoms with Crippen LogP contribution in [0.4, 0.5) is 0 Å². The summed E-state index contributed by atoms with van der Waals surface area (Å²) >= 11 is 0. The van der Waals surface area contributed by atoms with Gasteiger partial charge in [-0.25, -0.2) is 0 Å². The maximum absolute atomic E-state index is 13.0. The number of amides is 2. The van der Waals surface area contributed by atoms with E-state index in [9.17, 15) is 9.59 Å². The highest BCUT2D eigenvalue weighted by Gasteiger charge is 2.28. The summed E-state index contributed by atoms with van der Waals surface area (Å²) in [6.45, 7) is 6.63. The molecule has 3 rings (SSSR count). The smallest absolute Gasteiger partial charge is 0.253 e. The largest absolute Gasteiger partial charge is 0.490 e. The van der Waals surface area contributed by atoms with Crippen molar-refractivity contribution in [3.8, 4) is 11.5 Å². The second-order valence-corrected chi connectivity index (χ2v) is 7.59. The van der Waals surface area contributed by atoms with E-state index in [4.69, 9.17) is 9.47 Å². The van der Waals surface area contributed by atoms with Gasteiger partial charge in [0.05, 0.1) is 13.2 Å². The van der Waals surface area contributed by atoms with Gasteiger partial charge in [-0.15, -0.1) is 0 Å². The van der Waals surface area contributed by atoms with E-state index in [1.807, 2.05) is 30.9 Å². The molecular formula is C24H31N3O4. The van der Waals surface area contributed by atoms with Crippen LogP contribution in [0.5, 0.6) is 11.5 Å². The monoisotopic (exact) mass is 425 g/mol. The van der Waals surface area contributed by atoms with Crippen LogP contribution < -0.4 is 14.8 Å². The van der Waals surface area contributed by atoms with E-state index < -0.39 is 0 Å². The SMILES string of the molecule is CCCOc1ccc(C(=O)N2CCC(C(=O)NCc3cccnc3)CC2)cc1OCC. The lowest BCUT2D eigenvalue weighted by Crippen LogP contribution is -2.42. The van der Waals surface area contributed by atoms with Crippen molar-refractivity contribution in [2.24, 2.45) is 5.92 Å². The quantitative estimate of drug-likeness (QED) is 0.666. The standard InChI is InChI=1S/C24H31N3O4/c1-3-14-31-21-8-7-20(15-22(21)30-4-2)24(29)27-12-9-19(10-13-27)23(28)26-17-18-6-5-11-25-16-18/h5-8,11,15-16,19H,3-4,9-10,12-14,17H2,1-2H3,(H,26,28). The molecule has 1 fully saturated rings. The lowest BCUT2D eigenvalue weighted by atomic mass is 9.95. The molecule has 0 aliphatic carbocycles. The van der Waals surface area contributed by atoms with Gasteiger partial charge in [0.2, 0.25) is 5.91 Å². The summed E-state index contributed by atoms with van der Waals surface area (Å²) in [7, 11) is 0. The van der Waals surface area contributed by atoms with Crippen LogP contribution in [0.15, 0.2) is 42.7 Å². The molecule has 2 amide bonds. The fraction of sp³-hybridized carbons (Fsp3) is 0.458. The van der Waals surface area contributed by atoms with Crippen LogP contribution in [0.2, 0.25) is 0 Å². The Morgan fingerprint density at radius 3 is 2.61 bits per heavy atom. The van der Waals surface area contributed by atoms with Crippen LogP contribution in [0.25, 0.3) is 0 Å². The first-order valence-electron chi connectivity index (χ1n) is 11.0. The van der Waals surface area contributed by atoms with Crippen LogP contribution in [-0.4, -0.2) is 48.0 Å². The van der Waals surface area contributed by atoms with E-state index in [2.05, 4.69) is 10.3 Å². The molecule has 7 heteroatoms. The van der Waals surface area contributed by atoms with E-state index in [-0.39, 0.29) is 17.7 Å². The molecule has 0 bridgehead atoms. The van der Waals surface area contributed by atoms with E-state index in [0.29, 0.717) is 62.8 Å². The first-order chi connectivity index (χ1) is 15.1. The first kappa shape index (κ1) is 22.6. The predicted molar refractivity (Wildman–Crippen MR) is 118 cm³/mol. The van der Waals surface area contributed by atoms with Crippen LogP contribution in [0, 0.1) is 5.92 Å². The fourth-order valence-corrected chi connectivity index (χ4v) is 3.60. The lowest BCUT2D eigenvalue weighted by Gasteiger charge is -2.31. The van der Waals surface area contributed by atoms with E-state index in [1.54, 1.807) is 30.6 Å². The highest BCUT2D eigenvalue weighted by molar-refractivity contribution is 5.95. The molecule has 0 atom stereocenters. The second kappa shape index (κ2) is 11.3. The lowest BCUT2D eigenvalue weighted by molar-refractivity contribution is -0.126. The predicted octanol–water partition coefficient (Wildman–Crippen LogP) is 3.44. The molecule has 1 aliphatic heterocycles. The Hall–Kier alpha value is -3.09. The highest BCUT2D eigenvalue weighted by Crippen LogP contribution is 2.30. The number of hydrogen-bond acceptors (Lipinski definition) is 5. The molecule has 0 unspecified atom stereocenters. The molecule has 1 N–H and O–H groups in total. The van der Waals surface area contributed by atoms with Gasteiger partial charge in [-0.3, -0.25) is 14.6 Å². The van der Waals surface area contributed by atoms with Gasteiger partial charge in [0.25, 0.3) is 5.91 Å². The molecule has 166 valence electrons. The van der Waals surface area contributed by atoms with Crippen LogP contribution in [-0.2, 0) is 11.3 Å². The number of pyridine rings is 1. The molecule has 1 aliphatic rings. The molecule has 7 nitrogen and oxygen atoms in total. The summed E-state index contributed by atoms with van der Waals surface area (Å²) in [6, 6.07) is 9.12.